The Morgan fingerprint density at radius 2 is 1.16 bits per heavy atom. The van der Waals surface area contributed by atoms with Gasteiger partial charge in [0.15, 0.2) is 11.5 Å². The van der Waals surface area contributed by atoms with Crippen molar-refractivity contribution >= 4 is 33.2 Å². The monoisotopic (exact) mass is 484 g/mol. The molecule has 4 heterocycles. The van der Waals surface area contributed by atoms with Gasteiger partial charge in [0, 0.05) is 23.9 Å². The Morgan fingerprint density at radius 3 is 1.68 bits per heavy atom. The van der Waals surface area contributed by atoms with Crippen molar-refractivity contribution in [2.75, 3.05) is 25.0 Å². The zero-order valence-electron chi connectivity index (χ0n) is 20.3. The molecular weight excluding hydrogens is 460 g/mol. The largest absolute Gasteiger partial charge is 0.453 e. The maximum Gasteiger partial charge on any atom is 0.151 e. The van der Waals surface area contributed by atoms with Crippen LogP contribution in [0.15, 0.2) is 85.2 Å². The van der Waals surface area contributed by atoms with E-state index in [1.807, 2.05) is 12.4 Å². The second-order valence-electron chi connectivity index (χ2n) is 10.1. The third-order valence-corrected chi connectivity index (χ3v) is 7.62. The maximum atomic E-state index is 6.63. The van der Waals surface area contributed by atoms with Crippen LogP contribution >= 0.6 is 0 Å². The highest BCUT2D eigenvalue weighted by Crippen LogP contribution is 2.50. The van der Waals surface area contributed by atoms with Crippen LogP contribution in [0.2, 0.25) is 0 Å². The van der Waals surface area contributed by atoms with E-state index in [0.717, 1.165) is 80.0 Å². The molecule has 2 aromatic heterocycles. The number of benzene rings is 4. The van der Waals surface area contributed by atoms with E-state index < -0.39 is 0 Å². The van der Waals surface area contributed by atoms with Crippen molar-refractivity contribution in [1.29, 1.82) is 0 Å². The van der Waals surface area contributed by atoms with Crippen LogP contribution in [-0.2, 0) is 0 Å². The summed E-state index contributed by atoms with van der Waals surface area (Å²) in [4.78, 5) is 4.81. The molecular formula is C30H24N6O. The molecule has 2 N–H and O–H groups in total. The molecule has 0 aliphatic carbocycles. The standard InChI is InChI=1S/C30H24N6O/c1-35-16-24(17-35)36-27-8-4-20(18-2-6-25-22(10-18)14-31-33-25)12-29(27)37-30-13-21(5-9-28(30)36)19-3-7-26-23(11-19)15-32-34-26/h2-15,24H,16-17H2,1H3,(H,31,33)(H,32,34). The van der Waals surface area contributed by atoms with Crippen molar-refractivity contribution in [2.45, 2.75) is 6.04 Å². The SMILES string of the molecule is CN1CC(N2c3ccc(-c4ccc5[nH]ncc5c4)cc3Oc3cc(-c4ccc5[nH]ncc5c4)ccc32)C1. The molecule has 37 heavy (non-hydrogen) atoms. The zero-order valence-corrected chi connectivity index (χ0v) is 20.3. The van der Waals surface area contributed by atoms with Gasteiger partial charge < -0.3 is 14.5 Å². The van der Waals surface area contributed by atoms with Crippen molar-refractivity contribution in [3.05, 3.63) is 85.2 Å². The summed E-state index contributed by atoms with van der Waals surface area (Å²) in [6.45, 7) is 2.05. The molecule has 0 bridgehead atoms. The van der Waals surface area contributed by atoms with Crippen LogP contribution in [0.5, 0.6) is 11.5 Å². The summed E-state index contributed by atoms with van der Waals surface area (Å²) in [5.74, 6) is 1.77. The van der Waals surface area contributed by atoms with Crippen LogP contribution < -0.4 is 9.64 Å². The first kappa shape index (κ1) is 20.6. The number of hydrogen-bond acceptors (Lipinski definition) is 5. The van der Waals surface area contributed by atoms with Crippen molar-refractivity contribution < 1.29 is 4.74 Å². The number of likely N-dealkylation sites (N-methyl/N-ethyl adjacent to an activating group) is 1. The van der Waals surface area contributed by atoms with Gasteiger partial charge in [0.2, 0.25) is 0 Å². The van der Waals surface area contributed by atoms with Gasteiger partial charge in [-0.3, -0.25) is 10.2 Å². The van der Waals surface area contributed by atoms with Gasteiger partial charge in [-0.15, -0.1) is 0 Å². The quantitative estimate of drug-likeness (QED) is 0.307. The number of nitrogens with one attached hydrogen (secondary N) is 2. The topological polar surface area (TPSA) is 73.1 Å². The van der Waals surface area contributed by atoms with Crippen LogP contribution in [0.3, 0.4) is 0 Å². The number of rotatable bonds is 3. The smallest absolute Gasteiger partial charge is 0.151 e. The first-order valence-corrected chi connectivity index (χ1v) is 12.5. The number of H-pyrrole nitrogens is 2. The average Bonchev–Trinajstić information content (AvgIpc) is 3.58. The normalized spacial score (nSPS) is 15.4. The minimum Gasteiger partial charge on any atom is -0.453 e. The second-order valence-corrected chi connectivity index (χ2v) is 10.1. The molecule has 0 saturated carbocycles. The third kappa shape index (κ3) is 3.24. The van der Waals surface area contributed by atoms with E-state index >= 15 is 0 Å². The molecule has 1 fully saturated rings. The summed E-state index contributed by atoms with van der Waals surface area (Å²) in [5, 5.41) is 16.6. The first-order chi connectivity index (χ1) is 18.2. The molecule has 0 radical (unpaired) electrons. The first-order valence-electron chi connectivity index (χ1n) is 12.5. The fourth-order valence-electron chi connectivity index (χ4n) is 5.66. The van der Waals surface area contributed by atoms with Gasteiger partial charge in [0.1, 0.15) is 0 Å². The summed E-state index contributed by atoms with van der Waals surface area (Å²) in [6.07, 6.45) is 3.72. The molecule has 0 unspecified atom stereocenters. The summed E-state index contributed by atoms with van der Waals surface area (Å²) in [7, 11) is 2.17. The molecule has 0 atom stereocenters. The van der Waals surface area contributed by atoms with Gasteiger partial charge in [-0.25, -0.2) is 0 Å². The van der Waals surface area contributed by atoms with Crippen LogP contribution in [0.1, 0.15) is 0 Å². The van der Waals surface area contributed by atoms with Crippen molar-refractivity contribution in [3.8, 4) is 33.8 Å². The summed E-state index contributed by atoms with van der Waals surface area (Å²) in [6, 6.07) is 26.3. The lowest BCUT2D eigenvalue weighted by Crippen LogP contribution is -2.56. The minimum atomic E-state index is 0.410. The van der Waals surface area contributed by atoms with E-state index in [-0.39, 0.29) is 0 Å². The lowest BCUT2D eigenvalue weighted by atomic mass is 9.98. The summed E-state index contributed by atoms with van der Waals surface area (Å²) >= 11 is 0. The maximum absolute atomic E-state index is 6.63. The third-order valence-electron chi connectivity index (χ3n) is 7.62. The van der Waals surface area contributed by atoms with Gasteiger partial charge in [-0.05, 0) is 77.8 Å². The number of hydrogen-bond donors (Lipinski definition) is 2. The predicted molar refractivity (Wildman–Crippen MR) is 147 cm³/mol. The number of fused-ring (bicyclic) bond motifs is 4. The predicted octanol–water partition coefficient (Wildman–Crippen LogP) is 6.33. The fourth-order valence-corrected chi connectivity index (χ4v) is 5.66. The molecule has 1 saturated heterocycles. The van der Waals surface area contributed by atoms with Crippen LogP contribution in [-0.4, -0.2) is 51.5 Å². The van der Waals surface area contributed by atoms with Crippen molar-refractivity contribution in [3.63, 3.8) is 0 Å². The van der Waals surface area contributed by atoms with Crippen LogP contribution in [0.4, 0.5) is 11.4 Å². The molecule has 0 spiro atoms. The van der Waals surface area contributed by atoms with Gasteiger partial charge in [0.05, 0.1) is 40.8 Å². The number of aromatic nitrogens is 4. The Balaban J connectivity index is 1.23. The van der Waals surface area contributed by atoms with Crippen molar-refractivity contribution in [2.24, 2.45) is 0 Å². The van der Waals surface area contributed by atoms with E-state index in [2.05, 4.69) is 110 Å². The van der Waals surface area contributed by atoms with E-state index in [0.29, 0.717) is 6.04 Å². The molecule has 7 heteroatoms. The molecule has 6 aromatic rings. The molecule has 2 aliphatic rings. The number of likely N-dealkylation sites (tertiary alicyclic amines) is 1. The lowest BCUT2D eigenvalue weighted by molar-refractivity contribution is 0.189. The molecule has 180 valence electrons. The number of anilines is 2. The molecule has 4 aromatic carbocycles. The van der Waals surface area contributed by atoms with E-state index in [9.17, 15) is 0 Å². The number of nitrogens with zero attached hydrogens (tertiary/aromatic N) is 4. The number of ether oxygens (including phenoxy) is 1. The molecule has 2 aliphatic heterocycles. The Hall–Kier alpha value is -4.62. The lowest BCUT2D eigenvalue weighted by Gasteiger charge is -2.47. The second kappa shape index (κ2) is 7.69. The summed E-state index contributed by atoms with van der Waals surface area (Å²) < 4.78 is 6.63. The van der Waals surface area contributed by atoms with Crippen LogP contribution in [0, 0.1) is 0 Å². The average molecular weight is 485 g/mol. The van der Waals surface area contributed by atoms with E-state index in [1.54, 1.807) is 0 Å². The fraction of sp³-hybridized carbons (Fsp3) is 0.133. The Morgan fingerprint density at radius 1 is 0.676 bits per heavy atom. The highest BCUT2D eigenvalue weighted by atomic mass is 16.5. The van der Waals surface area contributed by atoms with Gasteiger partial charge >= 0.3 is 0 Å². The zero-order chi connectivity index (χ0) is 24.5. The van der Waals surface area contributed by atoms with Crippen molar-refractivity contribution in [1.82, 2.24) is 25.3 Å². The minimum absolute atomic E-state index is 0.410. The Labute approximate surface area is 213 Å². The highest BCUT2D eigenvalue weighted by Gasteiger charge is 2.36. The number of aromatic amines is 2. The molecule has 8 rings (SSSR count). The Bertz CT molecular complexity index is 1690. The van der Waals surface area contributed by atoms with Crippen LogP contribution in [0.25, 0.3) is 44.1 Å². The molecule has 7 nitrogen and oxygen atoms in total. The van der Waals surface area contributed by atoms with Gasteiger partial charge in [0.25, 0.3) is 0 Å². The van der Waals surface area contributed by atoms with Gasteiger partial charge in [-0.2, -0.15) is 10.2 Å². The molecule has 0 amide bonds. The van der Waals surface area contributed by atoms with E-state index in [1.165, 1.54) is 0 Å². The summed E-state index contributed by atoms with van der Waals surface area (Å²) in [5.41, 5.74) is 8.83. The Kier molecular flexibility index (Phi) is 4.27. The van der Waals surface area contributed by atoms with E-state index in [4.69, 9.17) is 4.74 Å². The van der Waals surface area contributed by atoms with Gasteiger partial charge in [-0.1, -0.05) is 24.3 Å². The highest BCUT2D eigenvalue weighted by molar-refractivity contribution is 5.88.